The van der Waals surface area contributed by atoms with E-state index in [-0.39, 0.29) is 0 Å². The van der Waals surface area contributed by atoms with Crippen molar-refractivity contribution in [1.82, 2.24) is 10.1 Å². The minimum atomic E-state index is 0.589. The van der Waals surface area contributed by atoms with Gasteiger partial charge in [-0.1, -0.05) is 12.1 Å². The van der Waals surface area contributed by atoms with E-state index in [1.807, 2.05) is 0 Å². The van der Waals surface area contributed by atoms with E-state index in [4.69, 9.17) is 4.52 Å². The fourth-order valence-corrected chi connectivity index (χ4v) is 2.06. The molecule has 1 aliphatic heterocycles. The van der Waals surface area contributed by atoms with Crippen LogP contribution in [0.4, 0.5) is 6.01 Å². The van der Waals surface area contributed by atoms with Crippen LogP contribution in [0.3, 0.4) is 0 Å². The van der Waals surface area contributed by atoms with E-state index in [9.17, 15) is 0 Å². The Kier molecular flexibility index (Phi) is 2.15. The van der Waals surface area contributed by atoms with Crippen LogP contribution in [0.1, 0.15) is 44.3 Å². The second-order valence-electron chi connectivity index (χ2n) is 4.88. The van der Waals surface area contributed by atoms with Crippen molar-refractivity contribution < 1.29 is 4.52 Å². The van der Waals surface area contributed by atoms with Crippen molar-refractivity contribution in [3.05, 3.63) is 5.82 Å². The molecule has 0 bridgehead atoms. The van der Waals surface area contributed by atoms with Crippen LogP contribution in [0.2, 0.25) is 0 Å². The molecular weight excluding hydrogens is 190 g/mol. The smallest absolute Gasteiger partial charge is 0.324 e. The summed E-state index contributed by atoms with van der Waals surface area (Å²) < 4.78 is 5.31. The molecule has 0 amide bonds. The summed E-state index contributed by atoms with van der Waals surface area (Å²) in [5, 5.41) is 4.04. The van der Waals surface area contributed by atoms with E-state index in [1.165, 1.54) is 25.7 Å². The van der Waals surface area contributed by atoms with Gasteiger partial charge in [-0.3, -0.25) is 0 Å². The van der Waals surface area contributed by atoms with Gasteiger partial charge < -0.3 is 9.42 Å². The number of aromatic nitrogens is 2. The van der Waals surface area contributed by atoms with Gasteiger partial charge >= 0.3 is 6.01 Å². The summed E-state index contributed by atoms with van der Waals surface area (Å²) in [7, 11) is 0. The first kappa shape index (κ1) is 9.19. The van der Waals surface area contributed by atoms with Crippen molar-refractivity contribution in [2.75, 3.05) is 18.0 Å². The largest absolute Gasteiger partial charge is 0.324 e. The van der Waals surface area contributed by atoms with Gasteiger partial charge in [0.1, 0.15) is 0 Å². The highest BCUT2D eigenvalue weighted by atomic mass is 16.5. The molecule has 1 aliphatic carbocycles. The van der Waals surface area contributed by atoms with Gasteiger partial charge in [-0.25, -0.2) is 0 Å². The second kappa shape index (κ2) is 3.51. The first-order chi connectivity index (χ1) is 7.33. The molecule has 0 N–H and O–H groups in total. The summed E-state index contributed by atoms with van der Waals surface area (Å²) in [5.74, 6) is 2.35. The Labute approximate surface area is 89.6 Å². The van der Waals surface area contributed by atoms with Gasteiger partial charge in [0.2, 0.25) is 0 Å². The summed E-state index contributed by atoms with van der Waals surface area (Å²) in [6.07, 6.45) is 4.94. The number of hydrogen-bond acceptors (Lipinski definition) is 4. The molecule has 0 unspecified atom stereocenters. The molecule has 1 aromatic rings. The van der Waals surface area contributed by atoms with Crippen molar-refractivity contribution >= 4 is 6.01 Å². The fraction of sp³-hybridized carbons (Fsp3) is 0.818. The molecule has 15 heavy (non-hydrogen) atoms. The summed E-state index contributed by atoms with van der Waals surface area (Å²) >= 11 is 0. The van der Waals surface area contributed by atoms with Crippen LogP contribution in [0.15, 0.2) is 4.52 Å². The molecule has 2 aliphatic rings. The molecule has 1 saturated carbocycles. The van der Waals surface area contributed by atoms with E-state index in [0.29, 0.717) is 5.92 Å². The number of piperidine rings is 1. The Bertz CT molecular complexity index is 337. The van der Waals surface area contributed by atoms with Gasteiger partial charge in [0.25, 0.3) is 0 Å². The lowest BCUT2D eigenvalue weighted by Gasteiger charge is -2.28. The van der Waals surface area contributed by atoms with Crippen LogP contribution in [0.5, 0.6) is 0 Å². The predicted octanol–water partition coefficient (Wildman–Crippen LogP) is 2.18. The SMILES string of the molecule is CC1CCN(c2nc(C3CC3)no2)CC1. The van der Waals surface area contributed by atoms with Crippen molar-refractivity contribution in [2.45, 2.75) is 38.5 Å². The standard InChI is InChI=1S/C11H17N3O/c1-8-4-6-14(7-5-8)11-12-10(13-15-11)9-2-3-9/h8-9H,2-7H2,1H3. The summed E-state index contributed by atoms with van der Waals surface area (Å²) in [6.45, 7) is 4.43. The number of rotatable bonds is 2. The fourth-order valence-electron chi connectivity index (χ4n) is 2.06. The monoisotopic (exact) mass is 207 g/mol. The summed E-state index contributed by atoms with van der Waals surface area (Å²) in [6, 6.07) is 0.740. The van der Waals surface area contributed by atoms with Crippen molar-refractivity contribution in [2.24, 2.45) is 5.92 Å². The molecule has 1 aromatic heterocycles. The van der Waals surface area contributed by atoms with E-state index >= 15 is 0 Å². The topological polar surface area (TPSA) is 42.2 Å². The minimum Gasteiger partial charge on any atom is -0.324 e. The Morgan fingerprint density at radius 2 is 1.93 bits per heavy atom. The van der Waals surface area contributed by atoms with Crippen molar-refractivity contribution in [3.63, 3.8) is 0 Å². The van der Waals surface area contributed by atoms with E-state index in [1.54, 1.807) is 0 Å². The lowest BCUT2D eigenvalue weighted by molar-refractivity contribution is 0.373. The van der Waals surface area contributed by atoms with Gasteiger partial charge in [-0.05, 0) is 31.6 Å². The van der Waals surface area contributed by atoms with Gasteiger partial charge in [0.05, 0.1) is 0 Å². The molecule has 3 rings (SSSR count). The van der Waals surface area contributed by atoms with Crippen molar-refractivity contribution in [1.29, 1.82) is 0 Å². The quantitative estimate of drug-likeness (QED) is 0.745. The molecule has 4 nitrogen and oxygen atoms in total. The van der Waals surface area contributed by atoms with Gasteiger partial charge in [0.15, 0.2) is 5.82 Å². The Morgan fingerprint density at radius 1 is 1.20 bits per heavy atom. The maximum Gasteiger partial charge on any atom is 0.324 e. The van der Waals surface area contributed by atoms with Gasteiger partial charge in [0, 0.05) is 19.0 Å². The third kappa shape index (κ3) is 1.85. The molecule has 0 atom stereocenters. The van der Waals surface area contributed by atoms with Crippen LogP contribution in [-0.2, 0) is 0 Å². The highest BCUT2D eigenvalue weighted by Gasteiger charge is 2.30. The average molecular weight is 207 g/mol. The lowest BCUT2D eigenvalue weighted by atomic mass is 10.00. The number of hydrogen-bond donors (Lipinski definition) is 0. The normalized spacial score (nSPS) is 23.4. The molecule has 2 fully saturated rings. The van der Waals surface area contributed by atoms with Crippen LogP contribution < -0.4 is 4.90 Å². The summed E-state index contributed by atoms with van der Waals surface area (Å²) in [5.41, 5.74) is 0. The number of nitrogens with zero attached hydrogens (tertiary/aromatic N) is 3. The predicted molar refractivity (Wildman–Crippen MR) is 56.9 cm³/mol. The molecule has 1 saturated heterocycles. The molecule has 82 valence electrons. The summed E-state index contributed by atoms with van der Waals surface area (Å²) in [4.78, 5) is 6.69. The zero-order valence-corrected chi connectivity index (χ0v) is 9.15. The van der Waals surface area contributed by atoms with Crippen LogP contribution >= 0.6 is 0 Å². The van der Waals surface area contributed by atoms with Crippen LogP contribution in [-0.4, -0.2) is 23.2 Å². The highest BCUT2D eigenvalue weighted by molar-refractivity contribution is 5.26. The third-order valence-electron chi connectivity index (χ3n) is 3.43. The van der Waals surface area contributed by atoms with E-state index in [0.717, 1.165) is 30.8 Å². The zero-order chi connectivity index (χ0) is 10.3. The Balaban J connectivity index is 1.69. The second-order valence-corrected chi connectivity index (χ2v) is 4.88. The van der Waals surface area contributed by atoms with E-state index < -0.39 is 0 Å². The molecular formula is C11H17N3O. The van der Waals surface area contributed by atoms with Gasteiger partial charge in [-0.15, -0.1) is 0 Å². The van der Waals surface area contributed by atoms with Gasteiger partial charge in [-0.2, -0.15) is 4.98 Å². The molecule has 0 radical (unpaired) electrons. The first-order valence-electron chi connectivity index (χ1n) is 5.91. The molecule has 4 heteroatoms. The maximum absolute atomic E-state index is 5.31. The third-order valence-corrected chi connectivity index (χ3v) is 3.43. The Morgan fingerprint density at radius 3 is 2.60 bits per heavy atom. The maximum atomic E-state index is 5.31. The zero-order valence-electron chi connectivity index (χ0n) is 9.15. The van der Waals surface area contributed by atoms with E-state index in [2.05, 4.69) is 22.0 Å². The lowest BCUT2D eigenvalue weighted by Crippen LogP contribution is -2.32. The van der Waals surface area contributed by atoms with Crippen LogP contribution in [0.25, 0.3) is 0 Å². The van der Waals surface area contributed by atoms with Crippen LogP contribution in [0, 0.1) is 5.92 Å². The minimum absolute atomic E-state index is 0.589. The molecule has 0 spiro atoms. The van der Waals surface area contributed by atoms with Crippen molar-refractivity contribution in [3.8, 4) is 0 Å². The first-order valence-corrected chi connectivity index (χ1v) is 5.91. The average Bonchev–Trinajstić information content (AvgIpc) is 2.99. The molecule has 0 aromatic carbocycles. The number of anilines is 1. The highest BCUT2D eigenvalue weighted by Crippen LogP contribution is 2.39. The molecule has 2 heterocycles. The Hall–Kier alpha value is -1.06.